The van der Waals surface area contributed by atoms with Crippen LogP contribution >= 0.6 is 24.0 Å². The van der Waals surface area contributed by atoms with Crippen LogP contribution in [0.5, 0.6) is 5.75 Å². The Kier molecular flexibility index (Phi) is 4.59. The maximum atomic E-state index is 9.63. The molecule has 0 saturated heterocycles. The Morgan fingerprint density at radius 2 is 1.85 bits per heavy atom. The van der Waals surface area contributed by atoms with Gasteiger partial charge in [-0.1, -0.05) is 29.8 Å². The molecule has 1 unspecified atom stereocenters. The zero-order valence-electron chi connectivity index (χ0n) is 11.2. The van der Waals surface area contributed by atoms with Crippen LogP contribution in [0.25, 0.3) is 0 Å². The van der Waals surface area contributed by atoms with Crippen molar-refractivity contribution in [2.24, 2.45) is 0 Å². The molecule has 1 heterocycles. The van der Waals surface area contributed by atoms with Crippen LogP contribution in [0, 0.1) is 0 Å². The van der Waals surface area contributed by atoms with Crippen LogP contribution in [-0.2, 0) is 6.54 Å². The Bertz CT molecular complexity index is 598. The van der Waals surface area contributed by atoms with Gasteiger partial charge in [0.25, 0.3) is 0 Å². The second-order valence-corrected chi connectivity index (χ2v) is 5.62. The lowest BCUT2D eigenvalue weighted by molar-refractivity contribution is 0.294. The standard InChI is InChI=1S/C16H16ClNO.ClH/c1-18-9-12-8-14(19)6-7-15(12)16(10-18)11-2-4-13(17)5-3-11;/h2-8,16,19H,9-10H2,1H3;1H. The topological polar surface area (TPSA) is 23.5 Å². The van der Waals surface area contributed by atoms with Gasteiger partial charge in [-0.3, -0.25) is 0 Å². The minimum atomic E-state index is 0. The first-order chi connectivity index (χ1) is 9.13. The van der Waals surface area contributed by atoms with Gasteiger partial charge in [-0.2, -0.15) is 0 Å². The van der Waals surface area contributed by atoms with Gasteiger partial charge in [0.2, 0.25) is 0 Å². The number of likely N-dealkylation sites (N-methyl/N-ethyl adjacent to an activating group) is 1. The molecule has 106 valence electrons. The van der Waals surface area contributed by atoms with E-state index < -0.39 is 0 Å². The summed E-state index contributed by atoms with van der Waals surface area (Å²) >= 11 is 5.96. The minimum absolute atomic E-state index is 0. The molecule has 2 aromatic carbocycles. The van der Waals surface area contributed by atoms with E-state index in [1.54, 1.807) is 6.07 Å². The molecular formula is C16H17Cl2NO. The molecule has 0 aromatic heterocycles. The molecule has 0 aliphatic carbocycles. The molecule has 2 aromatic rings. The van der Waals surface area contributed by atoms with E-state index in [2.05, 4.69) is 24.1 Å². The molecule has 1 aliphatic heterocycles. The van der Waals surface area contributed by atoms with Crippen LogP contribution in [0.15, 0.2) is 42.5 Å². The Morgan fingerprint density at radius 3 is 2.55 bits per heavy atom. The lowest BCUT2D eigenvalue weighted by Gasteiger charge is -2.32. The highest BCUT2D eigenvalue weighted by atomic mass is 35.5. The predicted octanol–water partition coefficient (Wildman–Crippen LogP) is 4.04. The predicted molar refractivity (Wildman–Crippen MR) is 85.0 cm³/mol. The highest BCUT2D eigenvalue weighted by Gasteiger charge is 2.24. The van der Waals surface area contributed by atoms with Crippen molar-refractivity contribution in [3.63, 3.8) is 0 Å². The van der Waals surface area contributed by atoms with Crippen molar-refractivity contribution in [1.82, 2.24) is 4.90 Å². The molecule has 0 radical (unpaired) electrons. The summed E-state index contributed by atoms with van der Waals surface area (Å²) in [5.74, 6) is 0.676. The van der Waals surface area contributed by atoms with Crippen molar-refractivity contribution in [3.8, 4) is 5.75 Å². The molecule has 3 rings (SSSR count). The number of hydrogen-bond acceptors (Lipinski definition) is 2. The molecule has 1 N–H and O–H groups in total. The first-order valence-electron chi connectivity index (χ1n) is 6.39. The van der Waals surface area contributed by atoms with E-state index in [1.165, 1.54) is 16.7 Å². The fourth-order valence-corrected chi connectivity index (χ4v) is 2.94. The molecule has 20 heavy (non-hydrogen) atoms. The average Bonchev–Trinajstić information content (AvgIpc) is 2.38. The molecule has 1 aliphatic rings. The highest BCUT2D eigenvalue weighted by Crippen LogP contribution is 2.34. The third-order valence-electron chi connectivity index (χ3n) is 3.71. The summed E-state index contributed by atoms with van der Waals surface area (Å²) in [6.07, 6.45) is 0. The van der Waals surface area contributed by atoms with Crippen LogP contribution in [0.2, 0.25) is 5.02 Å². The number of aromatic hydroxyl groups is 1. The summed E-state index contributed by atoms with van der Waals surface area (Å²) in [5.41, 5.74) is 3.77. The highest BCUT2D eigenvalue weighted by molar-refractivity contribution is 6.30. The second kappa shape index (κ2) is 6.04. The molecule has 0 fully saturated rings. The van der Waals surface area contributed by atoms with Gasteiger partial charge in [0.05, 0.1) is 0 Å². The average molecular weight is 310 g/mol. The van der Waals surface area contributed by atoms with E-state index in [0.717, 1.165) is 18.1 Å². The maximum absolute atomic E-state index is 9.63. The lowest BCUT2D eigenvalue weighted by atomic mass is 9.85. The summed E-state index contributed by atoms with van der Waals surface area (Å²) in [6.45, 7) is 1.87. The first kappa shape index (κ1) is 15.2. The molecule has 0 saturated carbocycles. The number of rotatable bonds is 1. The Balaban J connectivity index is 0.00000147. The van der Waals surface area contributed by atoms with Gasteiger partial charge in [-0.15, -0.1) is 12.4 Å². The molecule has 1 atom stereocenters. The minimum Gasteiger partial charge on any atom is -0.508 e. The number of halogens is 2. The molecule has 4 heteroatoms. The largest absolute Gasteiger partial charge is 0.508 e. The summed E-state index contributed by atoms with van der Waals surface area (Å²) in [7, 11) is 2.11. The summed E-state index contributed by atoms with van der Waals surface area (Å²) < 4.78 is 0. The van der Waals surface area contributed by atoms with Crippen molar-refractivity contribution in [2.45, 2.75) is 12.5 Å². The van der Waals surface area contributed by atoms with Crippen molar-refractivity contribution in [1.29, 1.82) is 0 Å². The molecule has 0 amide bonds. The van der Waals surface area contributed by atoms with Gasteiger partial charge in [0.1, 0.15) is 5.75 Å². The van der Waals surface area contributed by atoms with Crippen LogP contribution < -0.4 is 0 Å². The molecule has 0 spiro atoms. The fraction of sp³-hybridized carbons (Fsp3) is 0.250. The molecular weight excluding hydrogens is 293 g/mol. The van der Waals surface area contributed by atoms with E-state index in [4.69, 9.17) is 11.6 Å². The van der Waals surface area contributed by atoms with Gasteiger partial charge in [0, 0.05) is 24.0 Å². The van der Waals surface area contributed by atoms with Gasteiger partial charge < -0.3 is 10.0 Å². The van der Waals surface area contributed by atoms with Crippen molar-refractivity contribution >= 4 is 24.0 Å². The zero-order valence-corrected chi connectivity index (χ0v) is 12.8. The van der Waals surface area contributed by atoms with Crippen molar-refractivity contribution in [3.05, 3.63) is 64.2 Å². The summed E-state index contributed by atoms with van der Waals surface area (Å²) in [5, 5.41) is 10.4. The fourth-order valence-electron chi connectivity index (χ4n) is 2.81. The number of nitrogens with zero attached hydrogens (tertiary/aromatic N) is 1. The quantitative estimate of drug-likeness (QED) is 0.859. The zero-order chi connectivity index (χ0) is 13.4. The SMILES string of the molecule is CN1Cc2cc(O)ccc2C(c2ccc(Cl)cc2)C1.Cl. The van der Waals surface area contributed by atoms with Crippen molar-refractivity contribution in [2.75, 3.05) is 13.6 Å². The number of hydrogen-bond donors (Lipinski definition) is 1. The molecule has 2 nitrogen and oxygen atoms in total. The maximum Gasteiger partial charge on any atom is 0.115 e. The van der Waals surface area contributed by atoms with Crippen molar-refractivity contribution < 1.29 is 5.11 Å². The van der Waals surface area contributed by atoms with E-state index in [0.29, 0.717) is 11.7 Å². The lowest BCUT2D eigenvalue weighted by Crippen LogP contribution is -2.30. The first-order valence-corrected chi connectivity index (χ1v) is 6.77. The van der Waals surface area contributed by atoms with Crippen LogP contribution in [0.3, 0.4) is 0 Å². The van der Waals surface area contributed by atoms with Gasteiger partial charge in [0.15, 0.2) is 0 Å². The smallest absolute Gasteiger partial charge is 0.115 e. The third-order valence-corrected chi connectivity index (χ3v) is 3.96. The summed E-state index contributed by atoms with van der Waals surface area (Å²) in [4.78, 5) is 2.28. The van der Waals surface area contributed by atoms with Gasteiger partial charge >= 0.3 is 0 Å². The number of phenols is 1. The Labute approximate surface area is 130 Å². The van der Waals surface area contributed by atoms with E-state index >= 15 is 0 Å². The van der Waals surface area contributed by atoms with Gasteiger partial charge in [-0.05, 0) is 48.0 Å². The Morgan fingerprint density at radius 1 is 1.15 bits per heavy atom. The number of benzene rings is 2. The second-order valence-electron chi connectivity index (χ2n) is 5.18. The van der Waals surface area contributed by atoms with Crippen LogP contribution in [0.4, 0.5) is 0 Å². The normalized spacial score (nSPS) is 18.2. The molecule has 0 bridgehead atoms. The number of fused-ring (bicyclic) bond motifs is 1. The Hall–Kier alpha value is -1.22. The van der Waals surface area contributed by atoms with Crippen LogP contribution in [0.1, 0.15) is 22.6 Å². The monoisotopic (exact) mass is 309 g/mol. The van der Waals surface area contributed by atoms with E-state index in [1.807, 2.05) is 24.3 Å². The van der Waals surface area contributed by atoms with E-state index in [9.17, 15) is 5.11 Å². The number of phenolic OH excluding ortho intramolecular Hbond substituents is 1. The van der Waals surface area contributed by atoms with Crippen LogP contribution in [-0.4, -0.2) is 23.6 Å². The van der Waals surface area contributed by atoms with Gasteiger partial charge in [-0.25, -0.2) is 0 Å². The third kappa shape index (κ3) is 2.93. The summed E-state index contributed by atoms with van der Waals surface area (Å²) in [6, 6.07) is 13.7. The van der Waals surface area contributed by atoms with E-state index in [-0.39, 0.29) is 12.4 Å².